The first kappa shape index (κ1) is 44.5. The molecule has 0 aromatic heterocycles. The summed E-state index contributed by atoms with van der Waals surface area (Å²) in [5.74, 6) is 4.68. The zero-order valence-electron chi connectivity index (χ0n) is 24.6. The molecule has 0 aromatic rings. The van der Waals surface area contributed by atoms with Crippen molar-refractivity contribution in [1.82, 2.24) is 0 Å². The molecular formula is C30H54BBr2FeO2PPd. The predicted molar refractivity (Wildman–Crippen MR) is 168 cm³/mol. The van der Waals surface area contributed by atoms with Crippen LogP contribution in [0.5, 0.6) is 0 Å². The zero-order valence-corrected chi connectivity index (χ0v) is 31.3. The fourth-order valence-corrected chi connectivity index (χ4v) is 12.1. The molecule has 4 aliphatic rings. The maximum Gasteiger partial charge on any atom is 0 e. The normalized spacial score (nSPS) is 29.5. The smallest absolute Gasteiger partial charge is 0 e. The van der Waals surface area contributed by atoms with Crippen molar-refractivity contribution in [3.8, 4) is 0 Å². The molecule has 38 heavy (non-hydrogen) atoms. The minimum absolute atomic E-state index is 0. The molecule has 0 bridgehead atoms. The minimum atomic E-state index is 0. The molecule has 0 aromatic carbocycles. The van der Waals surface area contributed by atoms with E-state index in [0.717, 1.165) is 29.6 Å². The van der Waals surface area contributed by atoms with Gasteiger partial charge in [-0.2, -0.15) is 15.8 Å². The van der Waals surface area contributed by atoms with Crippen LogP contribution in [0, 0.1) is 36.2 Å². The average molecular weight is 811 g/mol. The molecular weight excluding hydrogens is 756 g/mol. The van der Waals surface area contributed by atoms with Gasteiger partial charge in [-0.15, -0.1) is 0 Å². The Morgan fingerprint density at radius 3 is 0.895 bits per heavy atom. The zero-order chi connectivity index (χ0) is 28.8. The van der Waals surface area contributed by atoms with Crippen LogP contribution in [-0.2, 0) is 43.7 Å². The summed E-state index contributed by atoms with van der Waals surface area (Å²) in [5.41, 5.74) is 3.57. The van der Waals surface area contributed by atoms with Crippen LogP contribution in [0.2, 0.25) is 0 Å². The van der Waals surface area contributed by atoms with E-state index in [1.807, 2.05) is 0 Å². The number of hydrogen-bond donors (Lipinski definition) is 0. The maximum atomic E-state index is 7.75. The van der Waals surface area contributed by atoms with Crippen molar-refractivity contribution in [2.45, 2.75) is 148 Å². The Morgan fingerprint density at radius 2 is 0.737 bits per heavy atom. The Bertz CT molecular complexity index is 446. The van der Waals surface area contributed by atoms with Crippen LogP contribution in [0.15, 0.2) is 0 Å². The van der Waals surface area contributed by atoms with Crippen LogP contribution >= 0.6 is 37.1 Å². The topological polar surface area (TPSA) is 37.0 Å². The molecule has 0 aliphatic heterocycles. The Labute approximate surface area is 276 Å². The van der Waals surface area contributed by atoms with Crippen molar-refractivity contribution in [2.24, 2.45) is 29.6 Å². The van der Waals surface area contributed by atoms with Crippen molar-refractivity contribution in [1.29, 1.82) is 0 Å². The molecule has 4 aliphatic carbocycles. The van der Waals surface area contributed by atoms with E-state index in [0.29, 0.717) is 7.92 Å². The standard InChI is InChI=1S/C18H33P.C10H20.CHO.CO.BBr.BrH.Fe.Pd/c1-4-10-16(11-5-1)19(17-12-6-2-7-13-17)18-14-8-3-9-15-18;1-6-7(2)9(4)10(5)8(6)3;3*1-2;;;/h16-18H,1-15H2;6-10H,1-5H3;1H;;;1H;;/q;;-1;;;;;+2/p-1. The Morgan fingerprint density at radius 1 is 0.579 bits per heavy atom. The summed E-state index contributed by atoms with van der Waals surface area (Å²) in [6.45, 7) is 24.1. The molecule has 226 valence electrons. The fraction of sp³-hybridized carbons (Fsp3) is 0.933. The molecule has 2 radical (unpaired) electrons. The third-order valence-corrected chi connectivity index (χ3v) is 14.2. The molecule has 0 amide bonds. The third-order valence-electron chi connectivity index (χ3n) is 10.1. The number of rotatable bonds is 3. The molecule has 0 spiro atoms. The second-order valence-electron chi connectivity index (χ2n) is 11.6. The van der Waals surface area contributed by atoms with Gasteiger partial charge in [-0.3, -0.25) is 6.79 Å². The molecule has 0 N–H and O–H groups in total. The van der Waals surface area contributed by atoms with Gasteiger partial charge in [0.25, 0.3) is 0 Å². The molecule has 2 nitrogen and oxygen atoms in total. The summed E-state index contributed by atoms with van der Waals surface area (Å²) in [4.78, 5) is 7.75. The quantitative estimate of drug-likeness (QED) is 0.0920. The summed E-state index contributed by atoms with van der Waals surface area (Å²) in [7, 11) is 0.385. The van der Waals surface area contributed by atoms with Gasteiger partial charge in [0, 0.05) is 17.1 Å². The first-order chi connectivity index (χ1) is 18.0. The molecule has 4 rings (SSSR count). The van der Waals surface area contributed by atoms with Gasteiger partial charge in [-0.25, -0.2) is 0 Å². The van der Waals surface area contributed by atoms with E-state index in [2.05, 4.69) is 101 Å². The van der Waals surface area contributed by atoms with Crippen LogP contribution in [0.1, 0.15) is 131 Å². The maximum absolute atomic E-state index is 7.75. The van der Waals surface area contributed by atoms with Crippen molar-refractivity contribution < 1.29 is 43.7 Å². The van der Waals surface area contributed by atoms with E-state index < -0.39 is 0 Å². The van der Waals surface area contributed by atoms with Crippen molar-refractivity contribution in [3.63, 3.8) is 0 Å². The second kappa shape index (κ2) is 29.1. The van der Waals surface area contributed by atoms with Crippen LogP contribution in [0.3, 0.4) is 0 Å². The van der Waals surface area contributed by atoms with Crippen molar-refractivity contribution in [3.05, 3.63) is 6.65 Å². The summed E-state index contributed by atoms with van der Waals surface area (Å²) in [5, 5.41) is 0. The Kier molecular flexibility index (Phi) is 34.1. The summed E-state index contributed by atoms with van der Waals surface area (Å²) in [6.07, 6.45) is 23.6. The first-order valence-electron chi connectivity index (χ1n) is 14.6. The van der Waals surface area contributed by atoms with E-state index in [1.54, 1.807) is 77.0 Å². The number of halogens is 2. The summed E-state index contributed by atoms with van der Waals surface area (Å²) in [6, 6.07) is 0. The predicted octanol–water partition coefficient (Wildman–Crippen LogP) is 10.6. The molecule has 0 unspecified atom stereocenters. The molecule has 0 heterocycles. The van der Waals surface area contributed by atoms with Crippen molar-refractivity contribution >= 4 is 50.6 Å². The van der Waals surface area contributed by atoms with E-state index in [9.17, 15) is 0 Å². The molecule has 8 heteroatoms. The van der Waals surface area contributed by atoms with E-state index >= 15 is 0 Å². The number of hydrogen-bond acceptors (Lipinski definition) is 1. The third kappa shape index (κ3) is 15.5. The molecule has 4 saturated carbocycles. The largest absolute Gasteiger partial charge is 0.545 e. The monoisotopic (exact) mass is 808 g/mol. The van der Waals surface area contributed by atoms with Crippen LogP contribution in [-0.4, -0.2) is 30.4 Å². The fourth-order valence-electron chi connectivity index (χ4n) is 7.43. The van der Waals surface area contributed by atoms with Crippen LogP contribution in [0.25, 0.3) is 0 Å². The molecule has 4 fully saturated rings. The van der Waals surface area contributed by atoms with E-state index in [4.69, 9.17) is 9.45 Å². The van der Waals surface area contributed by atoms with Gasteiger partial charge in [0.05, 0.1) is 0 Å². The summed E-state index contributed by atoms with van der Waals surface area (Å²) < 4.78 is 7.50. The van der Waals surface area contributed by atoms with Gasteiger partial charge in [0.1, 0.15) is 0 Å². The molecule has 0 saturated heterocycles. The Balaban J connectivity index is -0.000000551. The van der Waals surface area contributed by atoms with Gasteiger partial charge in [-0.05, 0) is 85.1 Å². The van der Waals surface area contributed by atoms with Crippen molar-refractivity contribution in [2.75, 3.05) is 0 Å². The average Bonchev–Trinajstić information content (AvgIpc) is 3.17. The second-order valence-corrected chi connectivity index (χ2v) is 14.7. The van der Waals surface area contributed by atoms with Gasteiger partial charge in [0.15, 0.2) is 6.67 Å². The first-order valence-corrected chi connectivity index (χ1v) is 20.6. The summed E-state index contributed by atoms with van der Waals surface area (Å²) >= 11 is 7.79. The van der Waals surface area contributed by atoms with E-state index in [-0.39, 0.29) is 17.1 Å². The van der Waals surface area contributed by atoms with Crippen LogP contribution in [0.4, 0.5) is 0 Å². The minimum Gasteiger partial charge on any atom is -0.545 e. The number of carbonyl (C=O) groups excluding carboxylic acids is 1. The van der Waals surface area contributed by atoms with E-state index in [1.165, 1.54) is 36.2 Å². The Hall–Kier alpha value is 2.05. The van der Waals surface area contributed by atoms with Gasteiger partial charge in [0.2, 0.25) is 0 Å². The van der Waals surface area contributed by atoms with Gasteiger partial charge < -0.3 is 4.79 Å². The van der Waals surface area contributed by atoms with Crippen LogP contribution < -0.4 is 0 Å². The van der Waals surface area contributed by atoms with Gasteiger partial charge >= 0.3 is 41.9 Å². The SMILES string of the molecule is C1CCC(P(C2CCCCC2)C2CCCCC2)CC1.CC1C(C)C(C)C(C)C1C.[B]Br.[Br][Pd+].[C-]#[O+].[CH-]=O.[Fe]. The molecule has 0 atom stereocenters. The van der Waals surface area contributed by atoms with Gasteiger partial charge in [-0.1, -0.05) is 100 Å².